The van der Waals surface area contributed by atoms with Crippen molar-refractivity contribution < 1.29 is 9.18 Å². The monoisotopic (exact) mass is 372 g/mol. The van der Waals surface area contributed by atoms with E-state index in [0.29, 0.717) is 5.69 Å². The zero-order chi connectivity index (χ0) is 19.3. The largest absolute Gasteiger partial charge is 0.338 e. The minimum Gasteiger partial charge on any atom is -0.338 e. The van der Waals surface area contributed by atoms with Gasteiger partial charge >= 0.3 is 0 Å². The lowest BCUT2D eigenvalue weighted by atomic mass is 10.0. The molecule has 0 aliphatic carbocycles. The Labute approximate surface area is 161 Å². The van der Waals surface area contributed by atoms with Gasteiger partial charge in [-0.2, -0.15) is 5.10 Å². The van der Waals surface area contributed by atoms with E-state index in [9.17, 15) is 9.18 Å². The predicted molar refractivity (Wildman–Crippen MR) is 104 cm³/mol. The van der Waals surface area contributed by atoms with Crippen molar-refractivity contribution in [3.8, 4) is 5.69 Å². The van der Waals surface area contributed by atoms with Crippen molar-refractivity contribution in [2.75, 3.05) is 0 Å². The van der Waals surface area contributed by atoms with Gasteiger partial charge in [0.1, 0.15) is 5.82 Å². The molecular weight excluding hydrogens is 355 g/mol. The summed E-state index contributed by atoms with van der Waals surface area (Å²) >= 11 is 0. The Morgan fingerprint density at radius 2 is 1.68 bits per heavy atom. The number of hydrogen-bond donors (Lipinski definition) is 1. The van der Waals surface area contributed by atoms with E-state index in [1.807, 2.05) is 48.5 Å². The van der Waals surface area contributed by atoms with Gasteiger partial charge in [0.05, 0.1) is 17.4 Å². The summed E-state index contributed by atoms with van der Waals surface area (Å²) in [5.74, 6) is -0.643. The van der Waals surface area contributed by atoms with Crippen LogP contribution in [-0.4, -0.2) is 20.7 Å². The van der Waals surface area contributed by atoms with Crippen LogP contribution in [0.4, 0.5) is 4.39 Å². The van der Waals surface area contributed by atoms with Crippen LogP contribution in [0.5, 0.6) is 0 Å². The van der Waals surface area contributed by atoms with Gasteiger partial charge in [-0.25, -0.2) is 9.07 Å². The summed E-state index contributed by atoms with van der Waals surface area (Å²) in [4.78, 5) is 17.2. The Morgan fingerprint density at radius 3 is 2.39 bits per heavy atom. The van der Waals surface area contributed by atoms with Crippen LogP contribution < -0.4 is 5.32 Å². The second kappa shape index (κ2) is 7.84. The number of carbonyl (C=O) groups is 1. The maximum atomic E-state index is 13.1. The van der Waals surface area contributed by atoms with Crippen molar-refractivity contribution in [3.63, 3.8) is 0 Å². The molecule has 2 aromatic heterocycles. The average molecular weight is 372 g/mol. The SMILES string of the molecule is O=C(NC(c1ccccc1)c1ccccn1)c1ccn(-c2ccc(F)cc2)n1. The molecule has 0 saturated carbocycles. The van der Waals surface area contributed by atoms with E-state index in [-0.39, 0.29) is 17.4 Å². The normalized spacial score (nSPS) is 11.8. The van der Waals surface area contributed by atoms with Crippen LogP contribution >= 0.6 is 0 Å². The molecule has 1 N–H and O–H groups in total. The lowest BCUT2D eigenvalue weighted by Crippen LogP contribution is -2.30. The smallest absolute Gasteiger partial charge is 0.272 e. The minimum absolute atomic E-state index is 0.265. The molecule has 0 bridgehead atoms. The van der Waals surface area contributed by atoms with Crippen molar-refractivity contribution in [1.82, 2.24) is 20.1 Å². The van der Waals surface area contributed by atoms with E-state index in [2.05, 4.69) is 15.4 Å². The molecule has 0 spiro atoms. The maximum Gasteiger partial charge on any atom is 0.272 e. The third-order valence-corrected chi connectivity index (χ3v) is 4.30. The number of carbonyl (C=O) groups excluding carboxylic acids is 1. The first kappa shape index (κ1) is 17.6. The summed E-state index contributed by atoms with van der Waals surface area (Å²) in [5.41, 5.74) is 2.60. The fourth-order valence-corrected chi connectivity index (χ4v) is 2.91. The third-order valence-electron chi connectivity index (χ3n) is 4.30. The van der Waals surface area contributed by atoms with Gasteiger partial charge in [-0.05, 0) is 48.0 Å². The maximum absolute atomic E-state index is 13.1. The van der Waals surface area contributed by atoms with Crippen LogP contribution in [0.1, 0.15) is 27.8 Å². The van der Waals surface area contributed by atoms with Crippen LogP contribution in [0, 0.1) is 5.82 Å². The highest BCUT2D eigenvalue weighted by Gasteiger charge is 2.20. The molecule has 2 heterocycles. The van der Waals surface area contributed by atoms with Gasteiger partial charge in [-0.15, -0.1) is 0 Å². The van der Waals surface area contributed by atoms with Crippen LogP contribution in [-0.2, 0) is 0 Å². The number of amides is 1. The molecule has 0 aliphatic heterocycles. The molecule has 4 aromatic rings. The summed E-state index contributed by atoms with van der Waals surface area (Å²) in [6, 6.07) is 22.4. The van der Waals surface area contributed by atoms with Crippen molar-refractivity contribution >= 4 is 5.91 Å². The Hall–Kier alpha value is -3.80. The van der Waals surface area contributed by atoms with Crippen LogP contribution in [0.3, 0.4) is 0 Å². The summed E-state index contributed by atoms with van der Waals surface area (Å²) in [5, 5.41) is 7.31. The van der Waals surface area contributed by atoms with Crippen molar-refractivity contribution in [1.29, 1.82) is 0 Å². The number of hydrogen-bond acceptors (Lipinski definition) is 3. The molecule has 2 aromatic carbocycles. The highest BCUT2D eigenvalue weighted by Crippen LogP contribution is 2.20. The fraction of sp³-hybridized carbons (Fsp3) is 0.0455. The molecule has 1 amide bonds. The lowest BCUT2D eigenvalue weighted by Gasteiger charge is -2.18. The highest BCUT2D eigenvalue weighted by atomic mass is 19.1. The van der Waals surface area contributed by atoms with E-state index < -0.39 is 6.04 Å². The summed E-state index contributed by atoms with van der Waals surface area (Å²) < 4.78 is 14.6. The standard InChI is InChI=1S/C22H17FN4O/c23-17-9-11-18(12-10-17)27-15-13-20(26-27)22(28)25-21(16-6-2-1-3-7-16)19-8-4-5-14-24-19/h1-15,21H,(H,25,28). The molecule has 0 radical (unpaired) electrons. The number of benzene rings is 2. The topological polar surface area (TPSA) is 59.8 Å². The lowest BCUT2D eigenvalue weighted by molar-refractivity contribution is 0.0937. The first-order valence-electron chi connectivity index (χ1n) is 8.79. The van der Waals surface area contributed by atoms with Gasteiger partial charge in [0.15, 0.2) is 5.69 Å². The minimum atomic E-state index is -0.397. The van der Waals surface area contributed by atoms with E-state index in [0.717, 1.165) is 11.3 Å². The Bertz CT molecular complexity index is 1020. The second-order valence-electron chi connectivity index (χ2n) is 6.19. The van der Waals surface area contributed by atoms with Crippen LogP contribution in [0.25, 0.3) is 5.69 Å². The van der Waals surface area contributed by atoms with Crippen molar-refractivity contribution in [2.45, 2.75) is 6.04 Å². The van der Waals surface area contributed by atoms with Crippen LogP contribution in [0.15, 0.2) is 91.3 Å². The number of aromatic nitrogens is 3. The molecule has 6 heteroatoms. The quantitative estimate of drug-likeness (QED) is 0.578. The fourth-order valence-electron chi connectivity index (χ4n) is 2.91. The predicted octanol–water partition coefficient (Wildman–Crippen LogP) is 3.93. The number of pyridine rings is 1. The van der Waals surface area contributed by atoms with E-state index >= 15 is 0 Å². The molecule has 5 nitrogen and oxygen atoms in total. The summed E-state index contributed by atoms with van der Waals surface area (Å²) in [6.45, 7) is 0. The van der Waals surface area contributed by atoms with Gasteiger partial charge < -0.3 is 5.32 Å². The zero-order valence-electron chi connectivity index (χ0n) is 14.9. The van der Waals surface area contributed by atoms with E-state index in [4.69, 9.17) is 0 Å². The van der Waals surface area contributed by atoms with Gasteiger partial charge in [0.25, 0.3) is 5.91 Å². The molecule has 1 atom stereocenters. The number of nitrogens with zero attached hydrogens (tertiary/aromatic N) is 3. The highest BCUT2D eigenvalue weighted by molar-refractivity contribution is 5.92. The Balaban J connectivity index is 1.59. The van der Waals surface area contributed by atoms with Gasteiger partial charge in [-0.3, -0.25) is 9.78 Å². The molecule has 1 unspecified atom stereocenters. The zero-order valence-corrected chi connectivity index (χ0v) is 14.9. The van der Waals surface area contributed by atoms with Gasteiger partial charge in [-0.1, -0.05) is 36.4 Å². The van der Waals surface area contributed by atoms with E-state index in [1.165, 1.54) is 16.8 Å². The summed E-state index contributed by atoms with van der Waals surface area (Å²) in [6.07, 6.45) is 3.36. The number of nitrogens with one attached hydrogen (secondary N) is 1. The molecule has 0 saturated heterocycles. The van der Waals surface area contributed by atoms with Gasteiger partial charge in [0.2, 0.25) is 0 Å². The Kier molecular flexibility index (Phi) is 4.93. The third kappa shape index (κ3) is 3.81. The number of rotatable bonds is 5. The first-order chi connectivity index (χ1) is 13.7. The summed E-state index contributed by atoms with van der Waals surface area (Å²) in [7, 11) is 0. The van der Waals surface area contributed by atoms with Crippen molar-refractivity contribution in [3.05, 3.63) is 114 Å². The van der Waals surface area contributed by atoms with Gasteiger partial charge in [0, 0.05) is 12.4 Å². The molecule has 0 fully saturated rings. The van der Waals surface area contributed by atoms with Crippen LogP contribution in [0.2, 0.25) is 0 Å². The molecule has 4 rings (SSSR count). The first-order valence-corrected chi connectivity index (χ1v) is 8.79. The van der Waals surface area contributed by atoms with Crippen molar-refractivity contribution in [2.24, 2.45) is 0 Å². The number of halogens is 1. The molecule has 28 heavy (non-hydrogen) atoms. The Morgan fingerprint density at radius 1 is 0.929 bits per heavy atom. The molecule has 0 aliphatic rings. The van der Waals surface area contributed by atoms with E-state index in [1.54, 1.807) is 30.6 Å². The molecular formula is C22H17FN4O. The second-order valence-corrected chi connectivity index (χ2v) is 6.19. The average Bonchev–Trinajstić information content (AvgIpc) is 3.24. The molecule has 138 valence electrons.